The molecule has 0 N–H and O–H groups in total. The summed E-state index contributed by atoms with van der Waals surface area (Å²) < 4.78 is 21.6. The van der Waals surface area contributed by atoms with Crippen molar-refractivity contribution in [3.63, 3.8) is 0 Å². The molecule has 2 aromatic rings. The van der Waals surface area contributed by atoms with Crippen LogP contribution in [0.5, 0.6) is 0 Å². The largest absolute Gasteiger partial charge is 0.461 e. The van der Waals surface area contributed by atoms with Crippen LogP contribution < -0.4 is 0 Å². The molecule has 0 bridgehead atoms. The van der Waals surface area contributed by atoms with E-state index in [1.165, 1.54) is 0 Å². The second-order valence-corrected chi connectivity index (χ2v) is 9.96. The fourth-order valence-corrected chi connectivity index (χ4v) is 3.59. The van der Waals surface area contributed by atoms with Crippen LogP contribution in [0.4, 0.5) is 0 Å². The molecule has 1 atom stereocenters. The van der Waals surface area contributed by atoms with Gasteiger partial charge in [0.1, 0.15) is 24.9 Å². The van der Waals surface area contributed by atoms with Crippen molar-refractivity contribution in [2.75, 3.05) is 6.61 Å². The van der Waals surface area contributed by atoms with Gasteiger partial charge in [0.25, 0.3) is 0 Å². The van der Waals surface area contributed by atoms with Crippen molar-refractivity contribution in [2.45, 2.75) is 90.6 Å². The quantitative estimate of drug-likeness (QED) is 0.180. The van der Waals surface area contributed by atoms with E-state index in [-0.39, 0.29) is 63.2 Å². The Morgan fingerprint density at radius 3 is 1.67 bits per heavy atom. The second kappa shape index (κ2) is 17.1. The summed E-state index contributed by atoms with van der Waals surface area (Å²) in [6.07, 6.45) is 1.13. The molecular formula is C31H40O8. The zero-order chi connectivity index (χ0) is 28.5. The van der Waals surface area contributed by atoms with Gasteiger partial charge in [0.15, 0.2) is 5.78 Å². The molecule has 39 heavy (non-hydrogen) atoms. The van der Waals surface area contributed by atoms with Gasteiger partial charge in [0, 0.05) is 32.1 Å². The van der Waals surface area contributed by atoms with Gasteiger partial charge in [-0.15, -0.1) is 0 Å². The van der Waals surface area contributed by atoms with E-state index in [1.807, 2.05) is 60.7 Å². The second-order valence-electron chi connectivity index (χ2n) is 9.96. The van der Waals surface area contributed by atoms with Crippen molar-refractivity contribution in [1.29, 1.82) is 0 Å². The summed E-state index contributed by atoms with van der Waals surface area (Å²) in [6, 6.07) is 18.8. The predicted octanol–water partition coefficient (Wildman–Crippen LogP) is 5.50. The lowest BCUT2D eigenvalue weighted by atomic mass is 10.1. The van der Waals surface area contributed by atoms with E-state index in [4.69, 9.17) is 18.9 Å². The molecule has 0 aromatic heterocycles. The summed E-state index contributed by atoms with van der Waals surface area (Å²) in [7, 11) is 0. The summed E-state index contributed by atoms with van der Waals surface area (Å²) >= 11 is 0. The summed E-state index contributed by atoms with van der Waals surface area (Å²) in [5, 5.41) is 0. The molecule has 0 heterocycles. The lowest BCUT2D eigenvalue weighted by Crippen LogP contribution is -2.31. The van der Waals surface area contributed by atoms with Gasteiger partial charge in [0.2, 0.25) is 0 Å². The number of carbonyl (C=O) groups excluding carboxylic acids is 4. The molecule has 8 heteroatoms. The molecule has 1 unspecified atom stereocenters. The van der Waals surface area contributed by atoms with Crippen molar-refractivity contribution in [3.05, 3.63) is 71.8 Å². The molecule has 0 radical (unpaired) electrons. The third-order valence-corrected chi connectivity index (χ3v) is 5.97. The molecule has 2 aromatic carbocycles. The number of hydrogen-bond donors (Lipinski definition) is 0. The van der Waals surface area contributed by atoms with Gasteiger partial charge in [-0.25, -0.2) is 0 Å². The van der Waals surface area contributed by atoms with E-state index in [9.17, 15) is 19.2 Å². The number of ether oxygens (including phenoxy) is 4. The number of hydrogen-bond acceptors (Lipinski definition) is 8. The highest BCUT2D eigenvalue weighted by atomic mass is 16.6. The van der Waals surface area contributed by atoms with E-state index >= 15 is 0 Å². The number of ketones is 1. The van der Waals surface area contributed by atoms with Crippen molar-refractivity contribution in [3.8, 4) is 0 Å². The van der Waals surface area contributed by atoms with Crippen LogP contribution in [0.1, 0.15) is 76.8 Å². The number of benzene rings is 2. The lowest BCUT2D eigenvalue weighted by Gasteiger charge is -2.25. The lowest BCUT2D eigenvalue weighted by molar-refractivity contribution is -0.159. The van der Waals surface area contributed by atoms with Crippen LogP contribution >= 0.6 is 0 Å². The van der Waals surface area contributed by atoms with Crippen LogP contribution in [0.25, 0.3) is 0 Å². The Bertz CT molecular complexity index is 1030. The fraction of sp³-hybridized carbons (Fsp3) is 0.484. The maximum atomic E-state index is 12.3. The third kappa shape index (κ3) is 14.3. The van der Waals surface area contributed by atoms with Crippen LogP contribution in [0, 0.1) is 0 Å². The topological polar surface area (TPSA) is 105 Å². The highest BCUT2D eigenvalue weighted by Gasteiger charge is 2.24. The molecule has 2 rings (SSSR count). The standard InChI is InChI=1S/C31H40O8/c1-24(27(32)16-10-17-28(33)37-22-25-12-6-4-7-13-25)36-21-20-31(2,3)39-30(35)19-11-18-29(34)38-23-26-14-8-5-9-15-26/h4-9,12-15,24H,10-11,16-23H2,1-3H3. The van der Waals surface area contributed by atoms with E-state index in [2.05, 4.69) is 0 Å². The fourth-order valence-electron chi connectivity index (χ4n) is 3.59. The monoisotopic (exact) mass is 540 g/mol. The minimum atomic E-state index is -0.782. The van der Waals surface area contributed by atoms with E-state index in [1.54, 1.807) is 20.8 Å². The Morgan fingerprint density at radius 2 is 1.15 bits per heavy atom. The van der Waals surface area contributed by atoms with Gasteiger partial charge in [-0.2, -0.15) is 0 Å². The molecule has 0 saturated heterocycles. The summed E-state index contributed by atoms with van der Waals surface area (Å²) in [4.78, 5) is 48.3. The van der Waals surface area contributed by atoms with Gasteiger partial charge in [-0.1, -0.05) is 60.7 Å². The van der Waals surface area contributed by atoms with Gasteiger partial charge in [-0.3, -0.25) is 19.2 Å². The van der Waals surface area contributed by atoms with Crippen molar-refractivity contribution in [2.24, 2.45) is 0 Å². The smallest absolute Gasteiger partial charge is 0.306 e. The summed E-state index contributed by atoms with van der Waals surface area (Å²) in [5.41, 5.74) is 1.04. The predicted molar refractivity (Wildman–Crippen MR) is 145 cm³/mol. The van der Waals surface area contributed by atoms with Gasteiger partial charge < -0.3 is 18.9 Å². The molecular weight excluding hydrogens is 500 g/mol. The number of rotatable bonds is 18. The van der Waals surface area contributed by atoms with Crippen LogP contribution in [0.15, 0.2) is 60.7 Å². The van der Waals surface area contributed by atoms with E-state index in [0.717, 1.165) is 11.1 Å². The SMILES string of the molecule is CC(OCCC(C)(C)OC(=O)CCCC(=O)OCc1ccccc1)C(=O)CCCC(=O)OCc1ccccc1. The highest BCUT2D eigenvalue weighted by Crippen LogP contribution is 2.17. The normalized spacial score (nSPS) is 11.9. The first-order valence-electron chi connectivity index (χ1n) is 13.4. The molecule has 0 aliphatic rings. The average molecular weight is 541 g/mol. The molecule has 8 nitrogen and oxygen atoms in total. The molecule has 212 valence electrons. The zero-order valence-corrected chi connectivity index (χ0v) is 23.2. The Kier molecular flexibility index (Phi) is 13.9. The van der Waals surface area contributed by atoms with E-state index in [0.29, 0.717) is 19.3 Å². The zero-order valence-electron chi connectivity index (χ0n) is 23.2. The van der Waals surface area contributed by atoms with Gasteiger partial charge >= 0.3 is 17.9 Å². The van der Waals surface area contributed by atoms with Crippen LogP contribution in [0.3, 0.4) is 0 Å². The molecule has 0 aliphatic carbocycles. The Labute approximate surface area is 231 Å². The summed E-state index contributed by atoms with van der Waals surface area (Å²) in [5.74, 6) is -1.20. The van der Waals surface area contributed by atoms with E-state index < -0.39 is 17.7 Å². The molecule has 0 aliphatic heterocycles. The van der Waals surface area contributed by atoms with Crippen LogP contribution in [-0.2, 0) is 51.3 Å². The highest BCUT2D eigenvalue weighted by molar-refractivity contribution is 5.83. The number of esters is 3. The molecule has 0 saturated carbocycles. The molecule has 0 spiro atoms. The summed E-state index contributed by atoms with van der Waals surface area (Å²) in [6.45, 7) is 5.88. The van der Waals surface area contributed by atoms with Crippen molar-refractivity contribution >= 4 is 23.7 Å². The molecule has 0 amide bonds. The van der Waals surface area contributed by atoms with Crippen molar-refractivity contribution < 1.29 is 38.1 Å². The van der Waals surface area contributed by atoms with Crippen LogP contribution in [0.2, 0.25) is 0 Å². The first kappa shape index (κ1) is 31.7. The Morgan fingerprint density at radius 1 is 0.692 bits per heavy atom. The first-order chi connectivity index (χ1) is 18.6. The number of carbonyl (C=O) groups is 4. The van der Waals surface area contributed by atoms with Crippen molar-refractivity contribution in [1.82, 2.24) is 0 Å². The van der Waals surface area contributed by atoms with Gasteiger partial charge in [-0.05, 0) is 44.7 Å². The number of Topliss-reactive ketones (excluding diaryl/α,β-unsaturated/α-hetero) is 1. The maximum absolute atomic E-state index is 12.3. The minimum absolute atomic E-state index is 0.0974. The minimum Gasteiger partial charge on any atom is -0.461 e. The Balaban J connectivity index is 1.53. The Hall–Kier alpha value is -3.52. The van der Waals surface area contributed by atoms with Gasteiger partial charge in [0.05, 0.1) is 6.61 Å². The maximum Gasteiger partial charge on any atom is 0.306 e. The average Bonchev–Trinajstić information content (AvgIpc) is 2.91. The third-order valence-electron chi connectivity index (χ3n) is 5.97. The molecule has 0 fully saturated rings. The van der Waals surface area contributed by atoms with Crippen LogP contribution in [-0.4, -0.2) is 42.0 Å². The first-order valence-corrected chi connectivity index (χ1v) is 13.4.